The molecule has 1 N–H and O–H groups in total. The van der Waals surface area contributed by atoms with Gasteiger partial charge in [0.25, 0.3) is 0 Å². The number of hydrogen-bond donors (Lipinski definition) is 1. The Hall–Kier alpha value is -1.83. The molecule has 0 fully saturated rings. The predicted octanol–water partition coefficient (Wildman–Crippen LogP) is 3.12. The number of ether oxygens (including phenoxy) is 1. The van der Waals surface area contributed by atoms with Gasteiger partial charge in [0.15, 0.2) is 11.6 Å². The molecule has 19 heavy (non-hydrogen) atoms. The van der Waals surface area contributed by atoms with Gasteiger partial charge in [0, 0.05) is 4.88 Å². The van der Waals surface area contributed by atoms with Gasteiger partial charge in [0.1, 0.15) is 13.2 Å². The molecule has 0 amide bonds. The van der Waals surface area contributed by atoms with Crippen LogP contribution in [-0.2, 0) is 6.61 Å². The minimum atomic E-state index is -0.320. The maximum absolute atomic E-state index is 13.7. The Balaban J connectivity index is 2.02. The van der Waals surface area contributed by atoms with Crippen LogP contribution in [0.4, 0.5) is 4.39 Å². The van der Waals surface area contributed by atoms with E-state index >= 15 is 0 Å². The lowest BCUT2D eigenvalue weighted by atomic mass is 10.2. The Labute approximate surface area is 115 Å². The Kier molecular flexibility index (Phi) is 4.56. The second-order valence-electron chi connectivity index (χ2n) is 3.90. The lowest BCUT2D eigenvalue weighted by Gasteiger charge is -2.06. The lowest BCUT2D eigenvalue weighted by molar-refractivity contribution is 0.293. The maximum atomic E-state index is 13.7. The van der Waals surface area contributed by atoms with E-state index in [1.807, 2.05) is 12.1 Å². The number of aryl methyl sites for hydroxylation is 1. The minimum absolute atomic E-state index is 0.155. The average Bonchev–Trinajstić information content (AvgIpc) is 2.86. The zero-order valence-electron chi connectivity index (χ0n) is 10.4. The number of rotatable bonds is 3. The summed E-state index contributed by atoms with van der Waals surface area (Å²) in [6.07, 6.45) is 0. The summed E-state index contributed by atoms with van der Waals surface area (Å²) in [4.78, 5) is 1.82. The van der Waals surface area contributed by atoms with Gasteiger partial charge in [-0.05, 0) is 30.7 Å². The molecule has 2 aromatic rings. The van der Waals surface area contributed by atoms with Gasteiger partial charge in [-0.3, -0.25) is 0 Å². The Morgan fingerprint density at radius 3 is 2.95 bits per heavy atom. The number of halogens is 1. The molecule has 0 aliphatic heterocycles. The van der Waals surface area contributed by atoms with Crippen molar-refractivity contribution >= 4 is 11.3 Å². The van der Waals surface area contributed by atoms with E-state index < -0.39 is 0 Å². The van der Waals surface area contributed by atoms with Gasteiger partial charge in [-0.25, -0.2) is 4.39 Å². The molecule has 0 aliphatic rings. The van der Waals surface area contributed by atoms with Crippen molar-refractivity contribution in [2.45, 2.75) is 13.5 Å². The lowest BCUT2D eigenvalue weighted by Crippen LogP contribution is -1.96. The highest BCUT2D eigenvalue weighted by molar-refractivity contribution is 7.12. The maximum Gasteiger partial charge on any atom is 0.167 e. The molecule has 0 saturated heterocycles. The number of aliphatic hydroxyl groups excluding tert-OH is 1. The molecule has 2 rings (SSSR count). The SMILES string of the molecule is Cc1cccc(OCc2ccc(C#CCO)s2)c1F. The molecule has 98 valence electrons. The zero-order chi connectivity index (χ0) is 13.7. The summed E-state index contributed by atoms with van der Waals surface area (Å²) in [7, 11) is 0. The van der Waals surface area contributed by atoms with Crippen LogP contribution in [0.25, 0.3) is 0 Å². The molecule has 0 unspecified atom stereocenters. The quantitative estimate of drug-likeness (QED) is 0.873. The van der Waals surface area contributed by atoms with Crippen molar-refractivity contribution in [1.29, 1.82) is 0 Å². The van der Waals surface area contributed by atoms with E-state index in [2.05, 4.69) is 11.8 Å². The highest BCUT2D eigenvalue weighted by Gasteiger charge is 2.06. The van der Waals surface area contributed by atoms with Crippen molar-refractivity contribution in [2.24, 2.45) is 0 Å². The number of aliphatic hydroxyl groups is 1. The molecule has 1 aromatic carbocycles. The largest absolute Gasteiger partial charge is 0.485 e. The van der Waals surface area contributed by atoms with Crippen LogP contribution in [0.15, 0.2) is 30.3 Å². The summed E-state index contributed by atoms with van der Waals surface area (Å²) in [6.45, 7) is 1.86. The minimum Gasteiger partial charge on any atom is -0.485 e. The molecule has 0 aliphatic carbocycles. The van der Waals surface area contributed by atoms with Gasteiger partial charge in [0.05, 0.1) is 4.88 Å². The van der Waals surface area contributed by atoms with Gasteiger partial charge in [-0.15, -0.1) is 11.3 Å². The predicted molar refractivity (Wildman–Crippen MR) is 73.8 cm³/mol. The van der Waals surface area contributed by atoms with Crippen LogP contribution < -0.4 is 4.74 Å². The van der Waals surface area contributed by atoms with Crippen LogP contribution in [0.3, 0.4) is 0 Å². The molecule has 0 atom stereocenters. The van der Waals surface area contributed by atoms with Crippen LogP contribution in [0.5, 0.6) is 5.75 Å². The van der Waals surface area contributed by atoms with Crippen molar-refractivity contribution in [1.82, 2.24) is 0 Å². The molecule has 2 nitrogen and oxygen atoms in total. The Morgan fingerprint density at radius 2 is 2.16 bits per heavy atom. The summed E-state index contributed by atoms with van der Waals surface area (Å²) in [5.74, 6) is 5.35. The van der Waals surface area contributed by atoms with Crippen molar-refractivity contribution < 1.29 is 14.2 Å². The highest BCUT2D eigenvalue weighted by atomic mass is 32.1. The smallest absolute Gasteiger partial charge is 0.167 e. The van der Waals surface area contributed by atoms with Crippen LogP contribution >= 0.6 is 11.3 Å². The van der Waals surface area contributed by atoms with Crippen molar-refractivity contribution in [3.63, 3.8) is 0 Å². The van der Waals surface area contributed by atoms with Gasteiger partial charge in [0.2, 0.25) is 0 Å². The first-order chi connectivity index (χ1) is 9.20. The standard InChI is InChI=1S/C15H13FO2S/c1-11-4-2-6-14(15(11)16)18-10-13-8-7-12(19-13)5-3-9-17/h2,4,6-8,17H,9-10H2,1H3. The third-order valence-corrected chi connectivity index (χ3v) is 3.45. The van der Waals surface area contributed by atoms with E-state index in [9.17, 15) is 4.39 Å². The second-order valence-corrected chi connectivity index (χ2v) is 5.07. The van der Waals surface area contributed by atoms with Crippen molar-refractivity contribution in [3.8, 4) is 17.6 Å². The van der Waals surface area contributed by atoms with Crippen LogP contribution in [0, 0.1) is 24.6 Å². The molecule has 0 bridgehead atoms. The molecule has 4 heteroatoms. The van der Waals surface area contributed by atoms with Crippen molar-refractivity contribution in [2.75, 3.05) is 6.61 Å². The topological polar surface area (TPSA) is 29.5 Å². The van der Waals surface area contributed by atoms with E-state index in [0.717, 1.165) is 9.75 Å². The van der Waals surface area contributed by atoms with Gasteiger partial charge < -0.3 is 9.84 Å². The number of benzene rings is 1. The van der Waals surface area contributed by atoms with E-state index in [1.54, 1.807) is 25.1 Å². The average molecular weight is 276 g/mol. The summed E-state index contributed by atoms with van der Waals surface area (Å²) in [5.41, 5.74) is 0.568. The highest BCUT2D eigenvalue weighted by Crippen LogP contribution is 2.22. The Bertz CT molecular complexity index is 623. The summed E-state index contributed by atoms with van der Waals surface area (Å²) >= 11 is 1.47. The van der Waals surface area contributed by atoms with Crippen LogP contribution in [0.1, 0.15) is 15.3 Å². The summed E-state index contributed by atoms with van der Waals surface area (Å²) < 4.78 is 19.2. The first kappa shape index (κ1) is 13.6. The fourth-order valence-electron chi connectivity index (χ4n) is 1.53. The summed E-state index contributed by atoms with van der Waals surface area (Å²) in [5, 5.41) is 8.61. The molecule has 1 heterocycles. The zero-order valence-corrected chi connectivity index (χ0v) is 11.3. The van der Waals surface area contributed by atoms with E-state index in [0.29, 0.717) is 12.2 Å². The first-order valence-electron chi connectivity index (χ1n) is 5.77. The van der Waals surface area contributed by atoms with Gasteiger partial charge >= 0.3 is 0 Å². The molecular formula is C15H13FO2S. The Morgan fingerprint density at radius 1 is 1.32 bits per heavy atom. The van der Waals surface area contributed by atoms with E-state index in [4.69, 9.17) is 9.84 Å². The summed E-state index contributed by atoms with van der Waals surface area (Å²) in [6, 6.07) is 8.83. The second kappa shape index (κ2) is 6.37. The number of thiophene rings is 1. The van der Waals surface area contributed by atoms with E-state index in [1.165, 1.54) is 11.3 Å². The van der Waals surface area contributed by atoms with E-state index in [-0.39, 0.29) is 18.2 Å². The fourth-order valence-corrected chi connectivity index (χ4v) is 2.33. The normalized spacial score (nSPS) is 9.84. The van der Waals surface area contributed by atoms with Crippen LogP contribution in [0.2, 0.25) is 0 Å². The molecular weight excluding hydrogens is 263 g/mol. The molecule has 0 radical (unpaired) electrons. The van der Waals surface area contributed by atoms with Gasteiger partial charge in [-0.2, -0.15) is 0 Å². The van der Waals surface area contributed by atoms with Gasteiger partial charge in [-0.1, -0.05) is 24.0 Å². The third kappa shape index (κ3) is 3.57. The fraction of sp³-hybridized carbons (Fsp3) is 0.200. The molecule has 1 aromatic heterocycles. The first-order valence-corrected chi connectivity index (χ1v) is 6.58. The third-order valence-electron chi connectivity index (χ3n) is 2.48. The van der Waals surface area contributed by atoms with Crippen molar-refractivity contribution in [3.05, 3.63) is 51.5 Å². The monoisotopic (exact) mass is 276 g/mol. The number of hydrogen-bond acceptors (Lipinski definition) is 3. The molecule has 0 saturated carbocycles. The molecule has 0 spiro atoms. The van der Waals surface area contributed by atoms with Crippen LogP contribution in [-0.4, -0.2) is 11.7 Å².